The fourth-order valence-electron chi connectivity index (χ4n) is 2.70. The molecule has 158 valence electrons. The highest BCUT2D eigenvalue weighted by Gasteiger charge is 2.14. The van der Waals surface area contributed by atoms with Crippen LogP contribution in [0.1, 0.15) is 5.89 Å². The number of aliphatic imine (C=N–C) groups is 1. The molecular formula is C20H22ClN5O4. The highest BCUT2D eigenvalue weighted by Crippen LogP contribution is 2.39. The summed E-state index contributed by atoms with van der Waals surface area (Å²) in [5.74, 6) is 2.91. The Kier molecular flexibility index (Phi) is 6.97. The van der Waals surface area contributed by atoms with Gasteiger partial charge in [0.2, 0.25) is 17.5 Å². The minimum absolute atomic E-state index is 0.275. The average Bonchev–Trinajstić information content (AvgIpc) is 3.24. The lowest BCUT2D eigenvalue weighted by atomic mass is 10.2. The Bertz CT molecular complexity index is 1010. The molecule has 0 aliphatic rings. The molecule has 0 bridgehead atoms. The number of hydrogen-bond acceptors (Lipinski definition) is 7. The molecule has 1 heterocycles. The molecule has 0 spiro atoms. The SMILES string of the molecule is CN=C(NCc1nc(-c2cccc(Cl)c2)no1)Nc1cc(OC)c(OC)c(OC)c1. The van der Waals surface area contributed by atoms with Crippen LogP contribution in [-0.2, 0) is 6.54 Å². The topological polar surface area (TPSA) is 103 Å². The van der Waals surface area contributed by atoms with Gasteiger partial charge in [-0.3, -0.25) is 4.99 Å². The van der Waals surface area contributed by atoms with Crippen molar-refractivity contribution in [1.82, 2.24) is 15.5 Å². The first kappa shape index (κ1) is 21.3. The summed E-state index contributed by atoms with van der Waals surface area (Å²) in [6.07, 6.45) is 0. The predicted molar refractivity (Wildman–Crippen MR) is 115 cm³/mol. The van der Waals surface area contributed by atoms with Crippen molar-refractivity contribution in [2.24, 2.45) is 4.99 Å². The molecule has 2 N–H and O–H groups in total. The molecule has 0 saturated heterocycles. The molecule has 0 unspecified atom stereocenters. The quantitative estimate of drug-likeness (QED) is 0.432. The normalized spacial score (nSPS) is 11.2. The van der Waals surface area contributed by atoms with Crippen LogP contribution < -0.4 is 24.8 Å². The number of methoxy groups -OCH3 is 3. The van der Waals surface area contributed by atoms with E-state index >= 15 is 0 Å². The van der Waals surface area contributed by atoms with Crippen LogP contribution in [0.15, 0.2) is 45.9 Å². The molecule has 0 fully saturated rings. The Morgan fingerprint density at radius 1 is 1.10 bits per heavy atom. The van der Waals surface area contributed by atoms with Gasteiger partial charge in [-0.2, -0.15) is 4.98 Å². The van der Waals surface area contributed by atoms with E-state index < -0.39 is 0 Å². The molecule has 0 saturated carbocycles. The maximum Gasteiger partial charge on any atom is 0.246 e. The van der Waals surface area contributed by atoms with Crippen molar-refractivity contribution in [2.45, 2.75) is 6.54 Å². The minimum Gasteiger partial charge on any atom is -0.493 e. The molecule has 1 aromatic heterocycles. The number of rotatable bonds is 7. The summed E-state index contributed by atoms with van der Waals surface area (Å²) in [6, 6.07) is 10.8. The molecule has 30 heavy (non-hydrogen) atoms. The third-order valence-corrected chi connectivity index (χ3v) is 4.34. The zero-order chi connectivity index (χ0) is 21.5. The Labute approximate surface area is 179 Å². The lowest BCUT2D eigenvalue weighted by Gasteiger charge is -2.16. The molecule has 0 aliphatic carbocycles. The number of nitrogens with one attached hydrogen (secondary N) is 2. The van der Waals surface area contributed by atoms with Crippen molar-refractivity contribution in [1.29, 1.82) is 0 Å². The summed E-state index contributed by atoms with van der Waals surface area (Å²) in [5.41, 5.74) is 1.47. The van der Waals surface area contributed by atoms with Crippen LogP contribution in [0, 0.1) is 0 Å². The van der Waals surface area contributed by atoms with E-state index in [1.807, 2.05) is 12.1 Å². The second kappa shape index (κ2) is 9.84. The van der Waals surface area contributed by atoms with Crippen molar-refractivity contribution in [3.63, 3.8) is 0 Å². The van der Waals surface area contributed by atoms with E-state index in [1.54, 1.807) is 52.6 Å². The standard InChI is InChI=1S/C20H22ClN5O4/c1-22-20(24-14-9-15(27-2)18(29-4)16(10-14)28-3)23-11-17-25-19(26-30-17)12-6-5-7-13(21)8-12/h5-10H,11H2,1-4H3,(H2,22,23,24). The van der Waals surface area contributed by atoms with Gasteiger partial charge < -0.3 is 29.4 Å². The lowest BCUT2D eigenvalue weighted by Crippen LogP contribution is -2.30. The monoisotopic (exact) mass is 431 g/mol. The van der Waals surface area contributed by atoms with E-state index in [9.17, 15) is 0 Å². The van der Waals surface area contributed by atoms with Crippen LogP contribution in [0.3, 0.4) is 0 Å². The van der Waals surface area contributed by atoms with Gasteiger partial charge in [-0.25, -0.2) is 0 Å². The zero-order valence-electron chi connectivity index (χ0n) is 17.0. The van der Waals surface area contributed by atoms with E-state index in [0.717, 1.165) is 5.56 Å². The Morgan fingerprint density at radius 3 is 2.43 bits per heavy atom. The number of nitrogens with zero attached hydrogens (tertiary/aromatic N) is 3. The van der Waals surface area contributed by atoms with Gasteiger partial charge >= 0.3 is 0 Å². The third kappa shape index (κ3) is 4.93. The number of guanidine groups is 1. The summed E-state index contributed by atoms with van der Waals surface area (Å²) in [4.78, 5) is 8.58. The van der Waals surface area contributed by atoms with Gasteiger partial charge in [0.25, 0.3) is 0 Å². The summed E-state index contributed by atoms with van der Waals surface area (Å²) in [6.45, 7) is 0.275. The van der Waals surface area contributed by atoms with Crippen LogP contribution >= 0.6 is 11.6 Å². The van der Waals surface area contributed by atoms with E-state index in [-0.39, 0.29) is 6.54 Å². The van der Waals surface area contributed by atoms with Gasteiger partial charge in [-0.05, 0) is 12.1 Å². The first-order valence-electron chi connectivity index (χ1n) is 8.94. The second-order valence-electron chi connectivity index (χ2n) is 5.99. The molecule has 0 amide bonds. The molecule has 2 aromatic carbocycles. The fraction of sp³-hybridized carbons (Fsp3) is 0.250. The lowest BCUT2D eigenvalue weighted by molar-refractivity contribution is 0.324. The maximum atomic E-state index is 6.01. The second-order valence-corrected chi connectivity index (χ2v) is 6.42. The number of anilines is 1. The average molecular weight is 432 g/mol. The van der Waals surface area contributed by atoms with Gasteiger partial charge in [0.1, 0.15) is 0 Å². The number of aromatic nitrogens is 2. The van der Waals surface area contributed by atoms with E-state index in [1.165, 1.54) is 0 Å². The molecular weight excluding hydrogens is 410 g/mol. The number of halogens is 1. The van der Waals surface area contributed by atoms with Crippen LogP contribution in [-0.4, -0.2) is 44.5 Å². The van der Waals surface area contributed by atoms with Crippen LogP contribution in [0.5, 0.6) is 17.2 Å². The van der Waals surface area contributed by atoms with E-state index in [0.29, 0.717) is 45.6 Å². The van der Waals surface area contributed by atoms with Gasteiger partial charge in [0, 0.05) is 35.5 Å². The number of benzene rings is 2. The molecule has 10 heteroatoms. The molecule has 0 aliphatic heterocycles. The van der Waals surface area contributed by atoms with Gasteiger partial charge in [-0.1, -0.05) is 28.9 Å². The molecule has 9 nitrogen and oxygen atoms in total. The van der Waals surface area contributed by atoms with Crippen molar-refractivity contribution in [2.75, 3.05) is 33.7 Å². The van der Waals surface area contributed by atoms with Gasteiger partial charge in [-0.15, -0.1) is 0 Å². The highest BCUT2D eigenvalue weighted by atomic mass is 35.5. The summed E-state index contributed by atoms with van der Waals surface area (Å²) < 4.78 is 21.4. The Hall–Kier alpha value is -3.46. The van der Waals surface area contributed by atoms with Crippen molar-refractivity contribution in [3.8, 4) is 28.6 Å². The largest absolute Gasteiger partial charge is 0.493 e. The smallest absolute Gasteiger partial charge is 0.246 e. The summed E-state index contributed by atoms with van der Waals surface area (Å²) >= 11 is 6.01. The fourth-order valence-corrected chi connectivity index (χ4v) is 2.89. The molecule has 0 atom stereocenters. The molecule has 3 rings (SSSR count). The first-order valence-corrected chi connectivity index (χ1v) is 9.32. The number of ether oxygens (including phenoxy) is 3. The van der Waals surface area contributed by atoms with Crippen molar-refractivity contribution >= 4 is 23.2 Å². The summed E-state index contributed by atoms with van der Waals surface area (Å²) in [7, 11) is 6.32. The maximum absolute atomic E-state index is 6.01. The van der Waals surface area contributed by atoms with Crippen molar-refractivity contribution < 1.29 is 18.7 Å². The van der Waals surface area contributed by atoms with Crippen LogP contribution in [0.2, 0.25) is 5.02 Å². The first-order chi connectivity index (χ1) is 14.6. The molecule has 0 radical (unpaired) electrons. The number of hydrogen-bond donors (Lipinski definition) is 2. The minimum atomic E-state index is 0.275. The molecule has 3 aromatic rings. The summed E-state index contributed by atoms with van der Waals surface area (Å²) in [5, 5.41) is 10.9. The van der Waals surface area contributed by atoms with Gasteiger partial charge in [0.05, 0.1) is 27.9 Å². The Balaban J connectivity index is 1.69. The highest BCUT2D eigenvalue weighted by molar-refractivity contribution is 6.30. The predicted octanol–water partition coefficient (Wildman–Crippen LogP) is 3.60. The van der Waals surface area contributed by atoms with Gasteiger partial charge in [0.15, 0.2) is 17.5 Å². The Morgan fingerprint density at radius 2 is 1.83 bits per heavy atom. The third-order valence-electron chi connectivity index (χ3n) is 4.11. The van der Waals surface area contributed by atoms with E-state index in [4.69, 9.17) is 30.3 Å². The van der Waals surface area contributed by atoms with Crippen molar-refractivity contribution in [3.05, 3.63) is 47.3 Å². The van der Waals surface area contributed by atoms with E-state index in [2.05, 4.69) is 25.8 Å². The van der Waals surface area contributed by atoms with Crippen LogP contribution in [0.25, 0.3) is 11.4 Å². The zero-order valence-corrected chi connectivity index (χ0v) is 17.8. The van der Waals surface area contributed by atoms with Crippen LogP contribution in [0.4, 0.5) is 5.69 Å².